The Morgan fingerprint density at radius 2 is 0.893 bits per heavy atom. The topological polar surface area (TPSA) is 12.9 Å². The summed E-state index contributed by atoms with van der Waals surface area (Å²) >= 11 is 13.0. The van der Waals surface area contributed by atoms with Gasteiger partial charge in [-0.05, 0) is 39.7 Å². The van der Waals surface area contributed by atoms with Gasteiger partial charge in [0.2, 0.25) is 0 Å². The molecule has 0 saturated heterocycles. The molecule has 0 N–H and O–H groups in total. The average Bonchev–Trinajstić information content (AvgIpc) is 2.73. The van der Waals surface area contributed by atoms with Gasteiger partial charge < -0.3 is 0 Å². The second-order valence-electron chi connectivity index (χ2n) is 6.77. The van der Waals surface area contributed by atoms with Crippen LogP contribution in [0.4, 0.5) is 0 Å². The number of hydrogen-bond donors (Lipinski definition) is 0. The summed E-state index contributed by atoms with van der Waals surface area (Å²) < 4.78 is 0. The first-order valence-electron chi connectivity index (χ1n) is 9.03. The van der Waals surface area contributed by atoms with Crippen LogP contribution in [0.25, 0.3) is 44.1 Å². The highest BCUT2D eigenvalue weighted by Gasteiger charge is 2.14. The van der Waals surface area contributed by atoms with Crippen LogP contribution < -0.4 is 0 Å². The van der Waals surface area contributed by atoms with Gasteiger partial charge in [-0.15, -0.1) is 0 Å². The lowest BCUT2D eigenvalue weighted by molar-refractivity contribution is 1.33. The Morgan fingerprint density at radius 1 is 0.464 bits per heavy atom. The van der Waals surface area contributed by atoms with Gasteiger partial charge in [0.25, 0.3) is 0 Å². The molecule has 0 spiro atoms. The van der Waals surface area contributed by atoms with E-state index in [9.17, 15) is 0 Å². The summed E-state index contributed by atoms with van der Waals surface area (Å²) in [5.41, 5.74) is 3.42. The zero-order valence-electron chi connectivity index (χ0n) is 14.9. The summed E-state index contributed by atoms with van der Waals surface area (Å²) in [4.78, 5) is 4.86. The minimum absolute atomic E-state index is 0.546. The van der Waals surface area contributed by atoms with Crippen LogP contribution in [0.5, 0.6) is 0 Å². The molecular weight excluding hydrogens is 385 g/mol. The maximum absolute atomic E-state index is 6.52. The van der Waals surface area contributed by atoms with Gasteiger partial charge in [-0.3, -0.25) is 0 Å². The maximum Gasteiger partial charge on any atom is 0.0897 e. The van der Waals surface area contributed by atoms with Crippen LogP contribution >= 0.6 is 23.2 Å². The van der Waals surface area contributed by atoms with Crippen LogP contribution in [0.3, 0.4) is 0 Å². The van der Waals surface area contributed by atoms with Crippen LogP contribution in [0.15, 0.2) is 91.0 Å². The summed E-state index contributed by atoms with van der Waals surface area (Å²) in [6.45, 7) is 0. The van der Waals surface area contributed by atoms with E-state index in [4.69, 9.17) is 28.2 Å². The van der Waals surface area contributed by atoms with Crippen LogP contribution in [-0.4, -0.2) is 4.98 Å². The predicted molar refractivity (Wildman–Crippen MR) is 120 cm³/mol. The monoisotopic (exact) mass is 399 g/mol. The fourth-order valence-corrected chi connectivity index (χ4v) is 4.12. The van der Waals surface area contributed by atoms with Crippen LogP contribution in [0.1, 0.15) is 0 Å². The molecular formula is C25H15Cl2N. The first kappa shape index (κ1) is 17.2. The number of fused-ring (bicyclic) bond motifs is 2. The second-order valence-corrected chi connectivity index (χ2v) is 7.59. The van der Waals surface area contributed by atoms with Crippen molar-refractivity contribution in [3.05, 3.63) is 101 Å². The molecule has 134 valence electrons. The summed E-state index contributed by atoms with van der Waals surface area (Å²) in [6, 6.07) is 30.8. The first-order chi connectivity index (χ1) is 13.7. The summed E-state index contributed by atoms with van der Waals surface area (Å²) in [7, 11) is 0. The Labute approximate surface area is 173 Å². The fourth-order valence-electron chi connectivity index (χ4n) is 3.54. The highest BCUT2D eigenvalue weighted by Crippen LogP contribution is 2.36. The van der Waals surface area contributed by atoms with Crippen molar-refractivity contribution in [1.29, 1.82) is 0 Å². The van der Waals surface area contributed by atoms with Gasteiger partial charge in [-0.25, -0.2) is 4.98 Å². The molecule has 28 heavy (non-hydrogen) atoms. The van der Waals surface area contributed by atoms with Gasteiger partial charge in [0.05, 0.1) is 21.4 Å². The standard InChI is InChI=1S/C25H15Cl2N/c26-22-15-23(27)25(21-12-10-17-6-2-4-8-19(17)14-21)28-24(22)20-11-9-16-5-1-3-7-18(16)13-20/h1-15H. The van der Waals surface area contributed by atoms with Crippen LogP contribution in [0, 0.1) is 0 Å². The number of aromatic nitrogens is 1. The van der Waals surface area contributed by atoms with Gasteiger partial charge in [0.15, 0.2) is 0 Å². The van der Waals surface area contributed by atoms with Gasteiger partial charge in [0, 0.05) is 11.1 Å². The number of hydrogen-bond acceptors (Lipinski definition) is 1. The molecule has 5 rings (SSSR count). The average molecular weight is 400 g/mol. The zero-order valence-corrected chi connectivity index (χ0v) is 16.4. The highest BCUT2D eigenvalue weighted by atomic mass is 35.5. The van der Waals surface area contributed by atoms with Gasteiger partial charge >= 0.3 is 0 Å². The van der Waals surface area contributed by atoms with Crippen molar-refractivity contribution in [1.82, 2.24) is 4.98 Å². The van der Waals surface area contributed by atoms with E-state index in [1.807, 2.05) is 24.3 Å². The Bertz CT molecular complexity index is 1240. The molecule has 0 amide bonds. The summed E-state index contributed by atoms with van der Waals surface area (Å²) in [5.74, 6) is 0. The third-order valence-corrected chi connectivity index (χ3v) is 5.55. The third-order valence-electron chi connectivity index (χ3n) is 4.98. The highest BCUT2D eigenvalue weighted by molar-refractivity contribution is 6.37. The quantitative estimate of drug-likeness (QED) is 0.292. The van der Waals surface area contributed by atoms with E-state index < -0.39 is 0 Å². The Hall–Kier alpha value is -2.87. The van der Waals surface area contributed by atoms with Crippen molar-refractivity contribution < 1.29 is 0 Å². The lowest BCUT2D eigenvalue weighted by Gasteiger charge is -2.11. The first-order valence-corrected chi connectivity index (χ1v) is 9.79. The minimum Gasteiger partial charge on any atom is -0.245 e. The lowest BCUT2D eigenvalue weighted by Crippen LogP contribution is -1.92. The molecule has 4 aromatic carbocycles. The molecule has 1 heterocycles. The molecule has 0 aliphatic heterocycles. The van der Waals surface area contributed by atoms with E-state index in [0.717, 1.165) is 33.3 Å². The normalized spacial score (nSPS) is 11.2. The Morgan fingerprint density at radius 3 is 1.36 bits per heavy atom. The molecule has 3 heteroatoms. The van der Waals surface area contributed by atoms with Gasteiger partial charge in [-0.1, -0.05) is 96.0 Å². The maximum atomic E-state index is 6.52. The molecule has 5 aromatic rings. The molecule has 1 nitrogen and oxygen atoms in total. The summed E-state index contributed by atoms with van der Waals surface area (Å²) in [5, 5.41) is 5.77. The third kappa shape index (κ3) is 3.03. The Balaban J connectivity index is 1.68. The molecule has 0 atom stereocenters. The number of benzene rings is 4. The second kappa shape index (κ2) is 6.94. The van der Waals surface area contributed by atoms with Crippen LogP contribution in [-0.2, 0) is 0 Å². The van der Waals surface area contributed by atoms with E-state index in [1.54, 1.807) is 6.07 Å². The molecule has 0 aliphatic rings. The number of halogens is 2. The van der Waals surface area contributed by atoms with Crippen molar-refractivity contribution in [2.24, 2.45) is 0 Å². The zero-order chi connectivity index (χ0) is 19.1. The number of rotatable bonds is 2. The van der Waals surface area contributed by atoms with E-state index in [2.05, 4.69) is 60.7 Å². The molecule has 0 unspecified atom stereocenters. The molecule has 0 radical (unpaired) electrons. The summed E-state index contributed by atoms with van der Waals surface area (Å²) in [6.07, 6.45) is 0. The van der Waals surface area contributed by atoms with Crippen molar-refractivity contribution in [2.75, 3.05) is 0 Å². The van der Waals surface area contributed by atoms with E-state index >= 15 is 0 Å². The SMILES string of the molecule is Clc1cc(Cl)c(-c2ccc3ccccc3c2)nc1-c1ccc2ccccc2c1. The van der Waals surface area contributed by atoms with Crippen molar-refractivity contribution >= 4 is 44.7 Å². The Kier molecular flexibility index (Phi) is 4.27. The molecule has 0 fully saturated rings. The minimum atomic E-state index is 0.546. The van der Waals surface area contributed by atoms with E-state index in [-0.39, 0.29) is 0 Å². The number of pyridine rings is 1. The molecule has 0 bridgehead atoms. The van der Waals surface area contributed by atoms with Crippen molar-refractivity contribution in [3.8, 4) is 22.5 Å². The predicted octanol–water partition coefficient (Wildman–Crippen LogP) is 8.03. The van der Waals surface area contributed by atoms with E-state index in [0.29, 0.717) is 10.0 Å². The lowest BCUT2D eigenvalue weighted by atomic mass is 10.0. The van der Waals surface area contributed by atoms with Crippen molar-refractivity contribution in [3.63, 3.8) is 0 Å². The van der Waals surface area contributed by atoms with Crippen LogP contribution in [0.2, 0.25) is 10.0 Å². The largest absolute Gasteiger partial charge is 0.245 e. The number of nitrogens with zero attached hydrogens (tertiary/aromatic N) is 1. The van der Waals surface area contributed by atoms with Crippen molar-refractivity contribution in [2.45, 2.75) is 0 Å². The molecule has 0 saturated carbocycles. The van der Waals surface area contributed by atoms with Gasteiger partial charge in [-0.2, -0.15) is 0 Å². The van der Waals surface area contributed by atoms with Gasteiger partial charge in [0.1, 0.15) is 0 Å². The fraction of sp³-hybridized carbons (Fsp3) is 0. The molecule has 0 aliphatic carbocycles. The molecule has 1 aromatic heterocycles. The van der Waals surface area contributed by atoms with E-state index in [1.165, 1.54) is 10.8 Å². The smallest absolute Gasteiger partial charge is 0.0897 e.